The fourth-order valence-electron chi connectivity index (χ4n) is 4.25. The van der Waals surface area contributed by atoms with Gasteiger partial charge in [0.25, 0.3) is 0 Å². The lowest BCUT2D eigenvalue weighted by Crippen LogP contribution is -2.49. The zero-order valence-corrected chi connectivity index (χ0v) is 18.8. The summed E-state index contributed by atoms with van der Waals surface area (Å²) < 4.78 is 12.9. The van der Waals surface area contributed by atoms with Gasteiger partial charge in [0, 0.05) is 11.3 Å². The van der Waals surface area contributed by atoms with Crippen LogP contribution in [0.15, 0.2) is 53.7 Å². The Bertz CT molecular complexity index is 1200. The molecule has 2 aromatic carbocycles. The number of benzene rings is 2. The Morgan fingerprint density at radius 2 is 1.88 bits per heavy atom. The molecule has 3 aromatic rings. The molecule has 168 valence electrons. The number of nitriles is 1. The minimum Gasteiger partial charge on any atom is -0.454 e. The third-order valence-corrected chi connectivity index (χ3v) is 6.84. The van der Waals surface area contributed by atoms with E-state index in [1.54, 1.807) is 0 Å². The van der Waals surface area contributed by atoms with E-state index in [-0.39, 0.29) is 18.5 Å². The normalized spacial score (nSPS) is 16.2. The minimum atomic E-state index is -0.749. The van der Waals surface area contributed by atoms with E-state index in [1.807, 2.05) is 53.1 Å². The molecule has 1 saturated carbocycles. The van der Waals surface area contributed by atoms with Gasteiger partial charge in [0.15, 0.2) is 22.5 Å². The van der Waals surface area contributed by atoms with Crippen LogP contribution in [-0.4, -0.2) is 38.8 Å². The molecule has 1 amide bonds. The van der Waals surface area contributed by atoms with Crippen LogP contribution in [0.25, 0.3) is 17.1 Å². The molecule has 1 N–H and O–H groups in total. The number of amides is 1. The van der Waals surface area contributed by atoms with Crippen molar-refractivity contribution in [2.45, 2.75) is 42.8 Å². The van der Waals surface area contributed by atoms with Gasteiger partial charge in [-0.2, -0.15) is 5.26 Å². The first-order valence-corrected chi connectivity index (χ1v) is 11.9. The van der Waals surface area contributed by atoms with E-state index >= 15 is 0 Å². The topological polar surface area (TPSA) is 102 Å². The van der Waals surface area contributed by atoms with E-state index in [1.165, 1.54) is 11.8 Å². The van der Waals surface area contributed by atoms with E-state index < -0.39 is 5.54 Å². The fourth-order valence-corrected chi connectivity index (χ4v) is 5.00. The molecule has 0 spiro atoms. The van der Waals surface area contributed by atoms with Crippen molar-refractivity contribution in [2.75, 3.05) is 12.5 Å². The molecule has 0 saturated heterocycles. The maximum Gasteiger partial charge on any atom is 0.231 e. The first-order chi connectivity index (χ1) is 16.2. The van der Waals surface area contributed by atoms with Gasteiger partial charge in [0.2, 0.25) is 12.7 Å². The lowest BCUT2D eigenvalue weighted by molar-refractivity contribution is -0.120. The molecule has 0 atom stereocenters. The van der Waals surface area contributed by atoms with Crippen LogP contribution in [0, 0.1) is 11.3 Å². The van der Waals surface area contributed by atoms with Crippen molar-refractivity contribution in [2.24, 2.45) is 0 Å². The molecule has 2 aliphatic rings. The van der Waals surface area contributed by atoms with Crippen molar-refractivity contribution in [3.63, 3.8) is 0 Å². The molecule has 0 radical (unpaired) electrons. The third-order valence-electron chi connectivity index (χ3n) is 5.91. The number of carbonyl (C=O) groups is 1. The molecule has 33 heavy (non-hydrogen) atoms. The summed E-state index contributed by atoms with van der Waals surface area (Å²) in [6.45, 7) is 0.199. The smallest absolute Gasteiger partial charge is 0.231 e. The summed E-state index contributed by atoms with van der Waals surface area (Å²) in [5.74, 6) is 1.98. The Hall–Kier alpha value is -3.51. The quantitative estimate of drug-likeness (QED) is 0.552. The number of hydrogen-bond acceptors (Lipinski definition) is 7. The first-order valence-electron chi connectivity index (χ1n) is 10.9. The van der Waals surface area contributed by atoms with Crippen LogP contribution in [-0.2, 0) is 4.79 Å². The second-order valence-electron chi connectivity index (χ2n) is 8.14. The van der Waals surface area contributed by atoms with Crippen molar-refractivity contribution in [3.05, 3.63) is 48.5 Å². The Labute approximate surface area is 195 Å². The number of carbonyl (C=O) groups excluding carboxylic acids is 1. The summed E-state index contributed by atoms with van der Waals surface area (Å²) in [5.41, 5.74) is 0.970. The highest BCUT2D eigenvalue weighted by atomic mass is 32.2. The van der Waals surface area contributed by atoms with Crippen LogP contribution in [0.5, 0.6) is 11.5 Å². The number of thioether (sulfide) groups is 1. The van der Waals surface area contributed by atoms with Gasteiger partial charge in [0.05, 0.1) is 11.8 Å². The molecule has 0 unspecified atom stereocenters. The summed E-state index contributed by atoms with van der Waals surface area (Å²) in [4.78, 5) is 12.7. The Balaban J connectivity index is 1.40. The lowest BCUT2D eigenvalue weighted by atomic mass is 9.83. The molecule has 2 heterocycles. The van der Waals surface area contributed by atoms with Crippen LogP contribution < -0.4 is 14.8 Å². The lowest BCUT2D eigenvalue weighted by Gasteiger charge is -2.31. The number of para-hydroxylation sites is 1. The molecule has 1 aromatic heterocycles. The van der Waals surface area contributed by atoms with E-state index in [0.717, 1.165) is 30.5 Å². The van der Waals surface area contributed by atoms with Crippen LogP contribution in [0.3, 0.4) is 0 Å². The molecule has 1 aliphatic carbocycles. The molecule has 1 fully saturated rings. The second-order valence-corrected chi connectivity index (χ2v) is 9.08. The van der Waals surface area contributed by atoms with Crippen LogP contribution >= 0.6 is 11.8 Å². The van der Waals surface area contributed by atoms with Gasteiger partial charge < -0.3 is 14.8 Å². The number of hydrogen-bond donors (Lipinski definition) is 1. The van der Waals surface area contributed by atoms with Gasteiger partial charge in [-0.1, -0.05) is 49.2 Å². The average Bonchev–Trinajstić information content (AvgIpc) is 3.50. The summed E-state index contributed by atoms with van der Waals surface area (Å²) >= 11 is 1.30. The van der Waals surface area contributed by atoms with Crippen molar-refractivity contribution in [1.29, 1.82) is 5.26 Å². The summed E-state index contributed by atoms with van der Waals surface area (Å²) in [6.07, 6.45) is 4.43. The third kappa shape index (κ3) is 4.39. The van der Waals surface area contributed by atoms with Gasteiger partial charge in [-0.25, -0.2) is 0 Å². The molecule has 9 heteroatoms. The molecule has 1 aliphatic heterocycles. The van der Waals surface area contributed by atoms with E-state index in [9.17, 15) is 10.1 Å². The summed E-state index contributed by atoms with van der Waals surface area (Å²) in [7, 11) is 0. The van der Waals surface area contributed by atoms with Gasteiger partial charge in [-0.05, 0) is 43.2 Å². The highest BCUT2D eigenvalue weighted by Crippen LogP contribution is 2.37. The summed E-state index contributed by atoms with van der Waals surface area (Å²) in [6, 6.07) is 17.8. The number of aromatic nitrogens is 3. The van der Waals surface area contributed by atoms with Crippen molar-refractivity contribution < 1.29 is 14.3 Å². The largest absolute Gasteiger partial charge is 0.454 e. The number of nitrogens with one attached hydrogen (secondary N) is 1. The maximum absolute atomic E-state index is 12.7. The van der Waals surface area contributed by atoms with Gasteiger partial charge in [0.1, 0.15) is 5.54 Å². The van der Waals surface area contributed by atoms with Gasteiger partial charge >= 0.3 is 0 Å². The number of fused-ring (bicyclic) bond motifs is 1. The molecule has 0 bridgehead atoms. The van der Waals surface area contributed by atoms with Crippen molar-refractivity contribution in [3.8, 4) is 34.6 Å². The predicted octanol–water partition coefficient (Wildman–Crippen LogP) is 4.10. The van der Waals surface area contributed by atoms with E-state index in [4.69, 9.17) is 9.47 Å². The molecular weight excluding hydrogens is 438 g/mol. The number of nitrogens with zero attached hydrogens (tertiary/aromatic N) is 4. The highest BCUT2D eigenvalue weighted by molar-refractivity contribution is 7.99. The van der Waals surface area contributed by atoms with E-state index in [0.29, 0.717) is 35.3 Å². The fraction of sp³-hybridized carbons (Fsp3) is 0.333. The Kier molecular flexibility index (Phi) is 5.92. The van der Waals surface area contributed by atoms with Gasteiger partial charge in [-0.3, -0.25) is 9.36 Å². The van der Waals surface area contributed by atoms with Crippen LogP contribution in [0.4, 0.5) is 0 Å². The monoisotopic (exact) mass is 461 g/mol. The zero-order chi connectivity index (χ0) is 22.7. The van der Waals surface area contributed by atoms with Gasteiger partial charge in [-0.15, -0.1) is 10.2 Å². The van der Waals surface area contributed by atoms with Crippen molar-refractivity contribution in [1.82, 2.24) is 20.1 Å². The predicted molar refractivity (Wildman–Crippen MR) is 123 cm³/mol. The van der Waals surface area contributed by atoms with Crippen LogP contribution in [0.2, 0.25) is 0 Å². The Morgan fingerprint density at radius 3 is 2.67 bits per heavy atom. The van der Waals surface area contributed by atoms with Crippen LogP contribution in [0.1, 0.15) is 32.1 Å². The molecule has 8 nitrogen and oxygen atoms in total. The van der Waals surface area contributed by atoms with Crippen molar-refractivity contribution >= 4 is 17.7 Å². The SMILES string of the molecule is N#CC1(NC(=O)CSc2nnc(-c3ccc4c(c3)OCO4)n2-c2ccccc2)CCCCC1. The number of ether oxygens (including phenoxy) is 2. The second kappa shape index (κ2) is 9.16. The first kappa shape index (κ1) is 21.3. The maximum atomic E-state index is 12.7. The summed E-state index contributed by atoms with van der Waals surface area (Å²) in [5, 5.41) is 22.0. The number of rotatable bonds is 6. The minimum absolute atomic E-state index is 0.148. The standard InChI is InChI=1S/C24H23N5O3S/c25-15-24(11-5-2-6-12-24)26-21(30)14-33-23-28-27-22(29(23)18-7-3-1-4-8-18)17-9-10-19-20(13-17)32-16-31-19/h1,3-4,7-10,13H,2,5-6,11-12,14,16H2,(H,26,30). The Morgan fingerprint density at radius 1 is 1.09 bits per heavy atom. The zero-order valence-electron chi connectivity index (χ0n) is 18.0. The molecule has 5 rings (SSSR count). The molecular formula is C24H23N5O3S. The average molecular weight is 462 g/mol. The highest BCUT2D eigenvalue weighted by Gasteiger charge is 2.33. The van der Waals surface area contributed by atoms with E-state index in [2.05, 4.69) is 21.6 Å².